The topological polar surface area (TPSA) is 42.1 Å². The van der Waals surface area contributed by atoms with Crippen molar-refractivity contribution in [3.05, 3.63) is 65.1 Å². The van der Waals surface area contributed by atoms with Gasteiger partial charge in [-0.3, -0.25) is 4.79 Å². The molecule has 1 heterocycles. The molecule has 1 N–H and O–H groups in total. The van der Waals surface area contributed by atoms with Crippen molar-refractivity contribution in [2.75, 3.05) is 7.11 Å². The molecule has 1 aromatic heterocycles. The second-order valence-corrected chi connectivity index (χ2v) is 4.90. The number of ether oxygens (including phenoxy) is 1. The van der Waals surface area contributed by atoms with Gasteiger partial charge in [0.15, 0.2) is 5.78 Å². The molecule has 106 valence electrons. The smallest absolute Gasteiger partial charge is 0.195 e. The van der Waals surface area contributed by atoms with Gasteiger partial charge >= 0.3 is 0 Å². The highest BCUT2D eigenvalue weighted by atomic mass is 19.1. The Morgan fingerprint density at radius 1 is 1.14 bits per heavy atom. The molecule has 4 heteroatoms. The van der Waals surface area contributed by atoms with E-state index in [0.29, 0.717) is 16.9 Å². The minimum absolute atomic E-state index is 0.202. The first-order valence-corrected chi connectivity index (χ1v) is 6.56. The zero-order valence-corrected chi connectivity index (χ0v) is 11.7. The van der Waals surface area contributed by atoms with Gasteiger partial charge < -0.3 is 9.72 Å². The molecule has 0 aliphatic rings. The Bertz CT molecular complexity index is 836. The second-order valence-electron chi connectivity index (χ2n) is 4.90. The third kappa shape index (κ3) is 2.29. The van der Waals surface area contributed by atoms with Gasteiger partial charge in [-0.15, -0.1) is 0 Å². The molecular weight excluding hydrogens is 269 g/mol. The summed E-state index contributed by atoms with van der Waals surface area (Å²) in [7, 11) is 1.58. The van der Waals surface area contributed by atoms with Crippen molar-refractivity contribution >= 4 is 16.7 Å². The highest BCUT2D eigenvalue weighted by Gasteiger charge is 2.17. The summed E-state index contributed by atoms with van der Waals surface area (Å²) in [6.45, 7) is 1.79. The van der Waals surface area contributed by atoms with Gasteiger partial charge in [-0.2, -0.15) is 0 Å². The predicted octanol–water partition coefficient (Wildman–Crippen LogP) is 3.86. The molecule has 2 aromatic carbocycles. The molecule has 0 aliphatic heterocycles. The minimum Gasteiger partial charge on any atom is -0.497 e. The van der Waals surface area contributed by atoms with Crippen LogP contribution < -0.4 is 4.74 Å². The number of nitrogens with one attached hydrogen (secondary N) is 1. The fourth-order valence-corrected chi connectivity index (χ4v) is 2.40. The molecule has 0 radical (unpaired) electrons. The monoisotopic (exact) mass is 283 g/mol. The van der Waals surface area contributed by atoms with Crippen LogP contribution in [0.1, 0.15) is 21.5 Å². The third-order valence-corrected chi connectivity index (χ3v) is 3.58. The first-order valence-electron chi connectivity index (χ1n) is 6.56. The predicted molar refractivity (Wildman–Crippen MR) is 79.4 cm³/mol. The molecule has 0 aliphatic carbocycles. The lowest BCUT2D eigenvalue weighted by atomic mass is 9.98. The lowest BCUT2D eigenvalue weighted by Crippen LogP contribution is -2.03. The molecule has 21 heavy (non-hydrogen) atoms. The number of hydrogen-bond acceptors (Lipinski definition) is 2. The lowest BCUT2D eigenvalue weighted by Gasteiger charge is -2.05. The first kappa shape index (κ1) is 13.4. The Balaban J connectivity index is 2.15. The zero-order valence-electron chi connectivity index (χ0n) is 11.7. The summed E-state index contributed by atoms with van der Waals surface area (Å²) in [6.07, 6.45) is 1.65. The summed E-state index contributed by atoms with van der Waals surface area (Å²) < 4.78 is 18.6. The van der Waals surface area contributed by atoms with Crippen LogP contribution in [0.2, 0.25) is 0 Å². The lowest BCUT2D eigenvalue weighted by molar-refractivity contribution is 0.103. The van der Waals surface area contributed by atoms with Crippen molar-refractivity contribution in [1.29, 1.82) is 0 Å². The summed E-state index contributed by atoms with van der Waals surface area (Å²) in [4.78, 5) is 15.7. The summed E-state index contributed by atoms with van der Waals surface area (Å²) in [5, 5.41) is 0.767. The number of benzene rings is 2. The average Bonchev–Trinajstić information content (AvgIpc) is 2.91. The van der Waals surface area contributed by atoms with Crippen molar-refractivity contribution in [3.8, 4) is 5.75 Å². The van der Waals surface area contributed by atoms with E-state index in [9.17, 15) is 9.18 Å². The second kappa shape index (κ2) is 5.05. The highest BCUT2D eigenvalue weighted by molar-refractivity contribution is 6.17. The van der Waals surface area contributed by atoms with Crippen molar-refractivity contribution in [3.63, 3.8) is 0 Å². The highest BCUT2D eigenvalue weighted by Crippen LogP contribution is 2.26. The molecule has 0 fully saturated rings. The van der Waals surface area contributed by atoms with E-state index in [-0.39, 0.29) is 5.78 Å². The van der Waals surface area contributed by atoms with Gasteiger partial charge in [-0.1, -0.05) is 6.07 Å². The standard InChI is InChI=1S/C17H14FNO2/c1-10-3-4-11(18)7-13(10)17(20)15-9-19-16-6-5-12(21-2)8-14(15)16/h3-9,19H,1-2H3. The maximum atomic E-state index is 13.4. The fraction of sp³-hybridized carbons (Fsp3) is 0.118. The summed E-state index contributed by atoms with van der Waals surface area (Å²) in [6, 6.07) is 9.70. The Hall–Kier alpha value is -2.62. The van der Waals surface area contributed by atoms with E-state index in [1.807, 2.05) is 12.1 Å². The molecule has 0 unspecified atom stereocenters. The minimum atomic E-state index is -0.415. The van der Waals surface area contributed by atoms with Crippen LogP contribution in [0.5, 0.6) is 5.75 Å². The number of aryl methyl sites for hydroxylation is 1. The van der Waals surface area contributed by atoms with E-state index in [1.165, 1.54) is 12.1 Å². The summed E-state index contributed by atoms with van der Waals surface area (Å²) >= 11 is 0. The normalized spacial score (nSPS) is 10.8. The molecule has 0 saturated heterocycles. The van der Waals surface area contributed by atoms with Crippen molar-refractivity contribution in [1.82, 2.24) is 4.98 Å². The number of H-pyrrole nitrogens is 1. The van der Waals surface area contributed by atoms with E-state index < -0.39 is 5.82 Å². The van der Waals surface area contributed by atoms with Crippen LogP contribution in [-0.4, -0.2) is 17.9 Å². The van der Waals surface area contributed by atoms with Crippen LogP contribution in [0.4, 0.5) is 4.39 Å². The maximum absolute atomic E-state index is 13.4. The number of aromatic nitrogens is 1. The molecule has 3 aromatic rings. The van der Waals surface area contributed by atoms with E-state index in [0.717, 1.165) is 16.5 Å². The van der Waals surface area contributed by atoms with Crippen LogP contribution in [0, 0.1) is 12.7 Å². The maximum Gasteiger partial charge on any atom is 0.195 e. The summed E-state index contributed by atoms with van der Waals surface area (Å²) in [5.74, 6) is 0.0555. The molecule has 0 saturated carbocycles. The van der Waals surface area contributed by atoms with Gasteiger partial charge in [0, 0.05) is 28.2 Å². The van der Waals surface area contributed by atoms with Crippen LogP contribution in [-0.2, 0) is 0 Å². The Labute approximate surface area is 121 Å². The average molecular weight is 283 g/mol. The Morgan fingerprint density at radius 3 is 2.71 bits per heavy atom. The number of hydrogen-bond donors (Lipinski definition) is 1. The summed E-state index contributed by atoms with van der Waals surface area (Å²) in [5.41, 5.74) is 2.48. The number of halogens is 1. The number of carbonyl (C=O) groups is 1. The van der Waals surface area contributed by atoms with E-state index in [4.69, 9.17) is 4.74 Å². The van der Waals surface area contributed by atoms with Crippen LogP contribution in [0.3, 0.4) is 0 Å². The van der Waals surface area contributed by atoms with Crippen LogP contribution in [0.25, 0.3) is 10.9 Å². The zero-order chi connectivity index (χ0) is 15.0. The van der Waals surface area contributed by atoms with Gasteiger partial charge in [-0.25, -0.2) is 4.39 Å². The largest absolute Gasteiger partial charge is 0.497 e. The number of fused-ring (bicyclic) bond motifs is 1. The number of rotatable bonds is 3. The molecule has 0 bridgehead atoms. The molecular formula is C17H14FNO2. The van der Waals surface area contributed by atoms with Gasteiger partial charge in [0.25, 0.3) is 0 Å². The third-order valence-electron chi connectivity index (χ3n) is 3.58. The van der Waals surface area contributed by atoms with Gasteiger partial charge in [0.1, 0.15) is 11.6 Å². The van der Waals surface area contributed by atoms with E-state index >= 15 is 0 Å². The number of methoxy groups -OCH3 is 1. The van der Waals surface area contributed by atoms with Gasteiger partial charge in [0.2, 0.25) is 0 Å². The van der Waals surface area contributed by atoms with E-state index in [1.54, 1.807) is 32.4 Å². The Kier molecular flexibility index (Phi) is 3.22. The Morgan fingerprint density at radius 2 is 1.95 bits per heavy atom. The molecule has 0 amide bonds. The number of ketones is 1. The van der Waals surface area contributed by atoms with Crippen LogP contribution in [0.15, 0.2) is 42.6 Å². The van der Waals surface area contributed by atoms with Gasteiger partial charge in [-0.05, 0) is 42.8 Å². The van der Waals surface area contributed by atoms with E-state index in [2.05, 4.69) is 4.98 Å². The quantitative estimate of drug-likeness (QED) is 0.742. The van der Waals surface area contributed by atoms with Gasteiger partial charge in [0.05, 0.1) is 7.11 Å². The number of carbonyl (C=O) groups excluding carboxylic acids is 1. The first-order chi connectivity index (χ1) is 10.1. The molecule has 3 nitrogen and oxygen atoms in total. The number of aromatic amines is 1. The SMILES string of the molecule is COc1ccc2[nH]cc(C(=O)c3cc(F)ccc3C)c2c1. The molecule has 3 rings (SSSR count). The molecule has 0 atom stereocenters. The van der Waals surface area contributed by atoms with Crippen molar-refractivity contribution in [2.24, 2.45) is 0 Å². The van der Waals surface area contributed by atoms with Crippen molar-refractivity contribution in [2.45, 2.75) is 6.92 Å². The van der Waals surface area contributed by atoms with Crippen LogP contribution >= 0.6 is 0 Å². The fourth-order valence-electron chi connectivity index (χ4n) is 2.40. The molecule has 0 spiro atoms. The van der Waals surface area contributed by atoms with Crippen molar-refractivity contribution < 1.29 is 13.9 Å².